The number of hydrogen-bond donors (Lipinski definition) is 2. The lowest BCUT2D eigenvalue weighted by molar-refractivity contribution is -0.112. The van der Waals surface area contributed by atoms with Crippen molar-refractivity contribution in [2.45, 2.75) is 41.0 Å². The van der Waals surface area contributed by atoms with Crippen LogP contribution in [0, 0.1) is 16.7 Å². The highest BCUT2D eigenvalue weighted by Gasteiger charge is 2.40. The van der Waals surface area contributed by atoms with E-state index in [1.165, 1.54) is 0 Å². The molecule has 0 aromatic carbocycles. The van der Waals surface area contributed by atoms with Crippen LogP contribution in [0.15, 0.2) is 23.0 Å². The molecule has 118 valence electrons. The summed E-state index contributed by atoms with van der Waals surface area (Å²) in [7, 11) is 3.84. The molecule has 1 fully saturated rings. The van der Waals surface area contributed by atoms with E-state index in [-0.39, 0.29) is 17.1 Å². The minimum Gasteiger partial charge on any atom is -0.388 e. The molecule has 0 spiro atoms. The van der Waals surface area contributed by atoms with Gasteiger partial charge in [0, 0.05) is 43.5 Å². The molecule has 0 aliphatic heterocycles. The van der Waals surface area contributed by atoms with Crippen LogP contribution in [-0.4, -0.2) is 37.0 Å². The zero-order chi connectivity index (χ0) is 16.4. The largest absolute Gasteiger partial charge is 0.388 e. The Morgan fingerprint density at radius 3 is 2.43 bits per heavy atom. The fourth-order valence-electron chi connectivity index (χ4n) is 2.70. The number of Topliss-reactive ketones (excluding diaryl/α,β-unsaturated/α-hetero) is 1. The second-order valence-corrected chi connectivity index (χ2v) is 6.86. The molecule has 0 radical (unpaired) electrons. The quantitative estimate of drug-likeness (QED) is 0.783. The van der Waals surface area contributed by atoms with Crippen LogP contribution in [0.3, 0.4) is 0 Å². The molecular weight excluding hydrogens is 262 g/mol. The van der Waals surface area contributed by atoms with Crippen LogP contribution in [0.5, 0.6) is 0 Å². The molecule has 0 unspecified atom stereocenters. The van der Waals surface area contributed by atoms with Crippen LogP contribution < -0.4 is 5.32 Å². The third-order valence-electron chi connectivity index (χ3n) is 3.71. The van der Waals surface area contributed by atoms with Gasteiger partial charge in [-0.1, -0.05) is 27.7 Å². The maximum absolute atomic E-state index is 12.8. The van der Waals surface area contributed by atoms with Crippen molar-refractivity contribution in [2.24, 2.45) is 11.3 Å². The highest BCUT2D eigenvalue weighted by Crippen LogP contribution is 2.38. The summed E-state index contributed by atoms with van der Waals surface area (Å²) in [6, 6.07) is 0. The maximum atomic E-state index is 12.8. The van der Waals surface area contributed by atoms with E-state index in [0.717, 1.165) is 17.8 Å². The van der Waals surface area contributed by atoms with Crippen LogP contribution >= 0.6 is 0 Å². The van der Waals surface area contributed by atoms with E-state index >= 15 is 0 Å². The Morgan fingerprint density at radius 1 is 1.43 bits per heavy atom. The van der Waals surface area contributed by atoms with Gasteiger partial charge in [0.25, 0.3) is 0 Å². The average molecular weight is 291 g/mol. The number of allylic oxidation sites excluding steroid dienone is 3. The van der Waals surface area contributed by atoms with Crippen LogP contribution in [0.4, 0.5) is 0 Å². The van der Waals surface area contributed by atoms with Gasteiger partial charge in [0.1, 0.15) is 0 Å². The van der Waals surface area contributed by atoms with Crippen molar-refractivity contribution in [3.05, 3.63) is 23.0 Å². The lowest BCUT2D eigenvalue weighted by atomic mass is 9.69. The Balaban J connectivity index is 3.48. The number of carbonyl (C=O) groups excluding carboxylic acids is 1. The van der Waals surface area contributed by atoms with Gasteiger partial charge in [-0.25, -0.2) is 0 Å². The van der Waals surface area contributed by atoms with Crippen LogP contribution in [0.1, 0.15) is 41.0 Å². The fraction of sp³-hybridized carbons (Fsp3) is 0.647. The van der Waals surface area contributed by atoms with E-state index in [1.807, 2.05) is 46.0 Å². The summed E-state index contributed by atoms with van der Waals surface area (Å²) in [5.74, 6) is 0.191. The van der Waals surface area contributed by atoms with Crippen molar-refractivity contribution < 1.29 is 4.79 Å². The van der Waals surface area contributed by atoms with Crippen molar-refractivity contribution >= 4 is 11.5 Å². The Bertz CT molecular complexity index is 496. The molecule has 2 N–H and O–H groups in total. The normalized spacial score (nSPS) is 22.8. The van der Waals surface area contributed by atoms with Crippen LogP contribution in [0.2, 0.25) is 0 Å². The minimum atomic E-state index is -0.319. The van der Waals surface area contributed by atoms with Gasteiger partial charge in [0.15, 0.2) is 5.78 Å². The van der Waals surface area contributed by atoms with E-state index in [2.05, 4.69) is 19.2 Å². The average Bonchev–Trinajstić information content (AvgIpc) is 2.34. The summed E-state index contributed by atoms with van der Waals surface area (Å²) in [4.78, 5) is 14.7. The molecule has 1 rings (SSSR count). The predicted octanol–water partition coefficient (Wildman–Crippen LogP) is 2.97. The first kappa shape index (κ1) is 17.5. The first-order chi connectivity index (χ1) is 9.61. The van der Waals surface area contributed by atoms with Gasteiger partial charge < -0.3 is 15.6 Å². The van der Waals surface area contributed by atoms with Gasteiger partial charge in [0.2, 0.25) is 0 Å². The van der Waals surface area contributed by atoms with E-state index in [1.54, 1.807) is 0 Å². The maximum Gasteiger partial charge on any atom is 0.194 e. The number of nitrogens with one attached hydrogen (secondary N) is 2. The second-order valence-electron chi connectivity index (χ2n) is 6.86. The Hall–Kier alpha value is -1.58. The molecule has 0 aromatic heterocycles. The molecule has 21 heavy (non-hydrogen) atoms. The molecule has 0 amide bonds. The molecule has 0 aromatic rings. The fourth-order valence-corrected chi connectivity index (χ4v) is 2.70. The standard InChI is InChI=1S/C17H29N3O/c1-8-19-14(11(2)3)13-15(21)12(10-20(6)7)9-17(4,5)16(13)18/h10-11,18-19H,8-9H2,1-7H3/b12-10-,14-13-,18-16?. The molecule has 4 heteroatoms. The van der Waals surface area contributed by atoms with E-state index in [9.17, 15) is 4.79 Å². The highest BCUT2D eigenvalue weighted by atomic mass is 16.1. The first-order valence-corrected chi connectivity index (χ1v) is 7.61. The van der Waals surface area contributed by atoms with Crippen molar-refractivity contribution in [3.63, 3.8) is 0 Å². The van der Waals surface area contributed by atoms with Gasteiger partial charge in [-0.3, -0.25) is 4.79 Å². The first-order valence-electron chi connectivity index (χ1n) is 7.61. The van der Waals surface area contributed by atoms with Gasteiger partial charge in [-0.05, 0) is 19.3 Å². The summed E-state index contributed by atoms with van der Waals surface area (Å²) in [5.41, 5.74) is 2.38. The zero-order valence-electron chi connectivity index (χ0n) is 14.4. The molecule has 4 nitrogen and oxygen atoms in total. The lowest BCUT2D eigenvalue weighted by Crippen LogP contribution is -2.39. The lowest BCUT2D eigenvalue weighted by Gasteiger charge is -2.35. The molecule has 1 aliphatic rings. The Labute approximate surface area is 128 Å². The second kappa shape index (κ2) is 6.46. The third kappa shape index (κ3) is 3.74. The molecule has 0 heterocycles. The smallest absolute Gasteiger partial charge is 0.194 e. The van der Waals surface area contributed by atoms with Crippen LogP contribution in [-0.2, 0) is 4.79 Å². The monoisotopic (exact) mass is 291 g/mol. The van der Waals surface area contributed by atoms with Gasteiger partial charge in [-0.15, -0.1) is 0 Å². The molecule has 0 bridgehead atoms. The minimum absolute atomic E-state index is 0.00215. The highest BCUT2D eigenvalue weighted by molar-refractivity contribution is 6.31. The number of hydrogen-bond acceptors (Lipinski definition) is 4. The van der Waals surface area contributed by atoms with Crippen molar-refractivity contribution in [3.8, 4) is 0 Å². The summed E-state index contributed by atoms with van der Waals surface area (Å²) in [6.07, 6.45) is 2.50. The molecular formula is C17H29N3O. The number of carbonyl (C=O) groups is 1. The van der Waals surface area contributed by atoms with Crippen molar-refractivity contribution in [1.29, 1.82) is 5.41 Å². The topological polar surface area (TPSA) is 56.2 Å². The summed E-state index contributed by atoms with van der Waals surface area (Å²) in [6.45, 7) is 11.0. The Morgan fingerprint density at radius 2 is 2.00 bits per heavy atom. The Kier molecular flexibility index (Phi) is 5.37. The van der Waals surface area contributed by atoms with Gasteiger partial charge >= 0.3 is 0 Å². The summed E-state index contributed by atoms with van der Waals surface area (Å²) in [5, 5.41) is 11.8. The van der Waals surface area contributed by atoms with Gasteiger partial charge in [-0.2, -0.15) is 0 Å². The van der Waals surface area contributed by atoms with Crippen molar-refractivity contribution in [2.75, 3.05) is 20.6 Å². The zero-order valence-corrected chi connectivity index (χ0v) is 14.4. The molecule has 1 saturated carbocycles. The number of ketones is 1. The number of nitrogens with zero attached hydrogens (tertiary/aromatic N) is 1. The van der Waals surface area contributed by atoms with Crippen molar-refractivity contribution in [1.82, 2.24) is 10.2 Å². The van der Waals surface area contributed by atoms with E-state index in [0.29, 0.717) is 17.7 Å². The van der Waals surface area contributed by atoms with E-state index in [4.69, 9.17) is 5.41 Å². The SMILES string of the molecule is CCN/C(=C1\C(=N)C(C)(C)C/C(=C/N(C)C)C1=O)C(C)C. The molecule has 0 saturated heterocycles. The van der Waals surface area contributed by atoms with Crippen LogP contribution in [0.25, 0.3) is 0 Å². The summed E-state index contributed by atoms with van der Waals surface area (Å²) < 4.78 is 0. The molecule has 0 atom stereocenters. The predicted molar refractivity (Wildman–Crippen MR) is 88.4 cm³/mol. The van der Waals surface area contributed by atoms with Gasteiger partial charge in [0.05, 0.1) is 11.3 Å². The molecule has 1 aliphatic carbocycles. The third-order valence-corrected chi connectivity index (χ3v) is 3.71. The number of rotatable bonds is 4. The van der Waals surface area contributed by atoms with E-state index < -0.39 is 0 Å². The summed E-state index contributed by atoms with van der Waals surface area (Å²) >= 11 is 0.